The van der Waals surface area contributed by atoms with Crippen LogP contribution in [-0.2, 0) is 16.1 Å². The number of ether oxygens (including phenoxy) is 3. The highest BCUT2D eigenvalue weighted by Gasteiger charge is 2.24. The number of hydrogen-bond acceptors (Lipinski definition) is 5. The summed E-state index contributed by atoms with van der Waals surface area (Å²) in [7, 11) is 0. The van der Waals surface area contributed by atoms with Crippen LogP contribution in [0.4, 0.5) is 0 Å². The van der Waals surface area contributed by atoms with Crippen LogP contribution >= 0.6 is 31.9 Å². The van der Waals surface area contributed by atoms with Gasteiger partial charge in [-0.15, -0.1) is 0 Å². The van der Waals surface area contributed by atoms with Gasteiger partial charge in [0.15, 0.2) is 17.2 Å². The molecule has 0 N–H and O–H groups in total. The molecule has 0 atom stereocenters. The molecule has 0 radical (unpaired) electrons. The number of aliphatic imine (C=N–C) groups is 1. The number of hydrogen-bond donors (Lipinski definition) is 0. The Bertz CT molecular complexity index is 1300. The first-order chi connectivity index (χ1) is 16.9. The average Bonchev–Trinajstić information content (AvgIpc) is 3.20. The third kappa shape index (κ3) is 6.03. The molecule has 0 unspecified atom stereocenters. The lowest BCUT2D eigenvalue weighted by Gasteiger charge is -2.15. The van der Waals surface area contributed by atoms with Crippen molar-refractivity contribution < 1.29 is 19.0 Å². The number of benzene rings is 3. The summed E-state index contributed by atoms with van der Waals surface area (Å²) in [4.78, 5) is 17.0. The molecule has 3 aromatic carbocycles. The van der Waals surface area contributed by atoms with E-state index < -0.39 is 5.97 Å². The van der Waals surface area contributed by atoms with Gasteiger partial charge in [-0.1, -0.05) is 60.1 Å². The lowest BCUT2D eigenvalue weighted by Crippen LogP contribution is -2.05. The Balaban J connectivity index is 1.60. The van der Waals surface area contributed by atoms with Gasteiger partial charge in [0.2, 0.25) is 5.90 Å². The van der Waals surface area contributed by atoms with Gasteiger partial charge in [-0.25, -0.2) is 9.79 Å². The van der Waals surface area contributed by atoms with Crippen molar-refractivity contribution in [2.24, 2.45) is 4.99 Å². The second kappa shape index (κ2) is 11.2. The van der Waals surface area contributed by atoms with Crippen LogP contribution in [0, 0.1) is 0 Å². The maximum absolute atomic E-state index is 12.5. The molecule has 0 saturated carbocycles. The standard InChI is InChI=1S/C28H25Br2NO4/c1-4-33-25-15-18(13-23(30)26(25)34-16-21-7-5-6-8-22(21)29)14-24-28(32)35-27(31-24)20-11-9-19(10-12-20)17(2)3/h5-15,17H,4,16H2,1-3H3/b24-14-. The molecule has 0 bridgehead atoms. The topological polar surface area (TPSA) is 57.1 Å². The summed E-state index contributed by atoms with van der Waals surface area (Å²) >= 11 is 7.14. The van der Waals surface area contributed by atoms with Crippen molar-refractivity contribution in [3.63, 3.8) is 0 Å². The Kier molecular flexibility index (Phi) is 8.08. The maximum Gasteiger partial charge on any atom is 0.363 e. The highest BCUT2D eigenvalue weighted by Crippen LogP contribution is 2.38. The van der Waals surface area contributed by atoms with E-state index in [0.717, 1.165) is 21.2 Å². The zero-order chi connectivity index (χ0) is 24.9. The Morgan fingerprint density at radius 1 is 1.00 bits per heavy atom. The molecule has 1 heterocycles. The molecule has 1 aliphatic rings. The van der Waals surface area contributed by atoms with E-state index >= 15 is 0 Å². The van der Waals surface area contributed by atoms with Crippen molar-refractivity contribution in [3.8, 4) is 11.5 Å². The largest absolute Gasteiger partial charge is 0.490 e. The van der Waals surface area contributed by atoms with Crippen LogP contribution in [0.1, 0.15) is 48.9 Å². The van der Waals surface area contributed by atoms with E-state index in [-0.39, 0.29) is 5.70 Å². The molecule has 0 amide bonds. The monoisotopic (exact) mass is 597 g/mol. The minimum absolute atomic E-state index is 0.226. The first kappa shape index (κ1) is 25.2. The molecule has 5 nitrogen and oxygen atoms in total. The predicted octanol–water partition coefficient (Wildman–Crippen LogP) is 7.66. The Morgan fingerprint density at radius 3 is 2.43 bits per heavy atom. The molecular formula is C28H25Br2NO4. The van der Waals surface area contributed by atoms with E-state index in [4.69, 9.17) is 14.2 Å². The van der Waals surface area contributed by atoms with Gasteiger partial charge in [0, 0.05) is 15.6 Å². The van der Waals surface area contributed by atoms with E-state index in [1.165, 1.54) is 5.56 Å². The summed E-state index contributed by atoms with van der Waals surface area (Å²) in [5.74, 6) is 1.39. The molecule has 0 aromatic heterocycles. The van der Waals surface area contributed by atoms with Crippen LogP contribution in [0.5, 0.6) is 11.5 Å². The molecule has 1 aliphatic heterocycles. The fraction of sp³-hybridized carbons (Fsp3) is 0.214. The van der Waals surface area contributed by atoms with Crippen molar-refractivity contribution in [1.29, 1.82) is 0 Å². The van der Waals surface area contributed by atoms with Gasteiger partial charge in [-0.2, -0.15) is 0 Å². The summed E-state index contributed by atoms with van der Waals surface area (Å²) in [6.45, 7) is 7.01. The van der Waals surface area contributed by atoms with Crippen LogP contribution in [0.3, 0.4) is 0 Å². The van der Waals surface area contributed by atoms with E-state index in [1.54, 1.807) is 6.08 Å². The Labute approximate surface area is 222 Å². The minimum Gasteiger partial charge on any atom is -0.490 e. The van der Waals surface area contributed by atoms with E-state index in [9.17, 15) is 4.79 Å². The fourth-order valence-corrected chi connectivity index (χ4v) is 4.51. The summed E-state index contributed by atoms with van der Waals surface area (Å²) in [6, 6.07) is 19.5. The highest BCUT2D eigenvalue weighted by atomic mass is 79.9. The first-order valence-corrected chi connectivity index (χ1v) is 12.9. The van der Waals surface area contributed by atoms with Crippen molar-refractivity contribution >= 4 is 49.8 Å². The molecule has 180 valence electrons. The molecule has 0 aliphatic carbocycles. The van der Waals surface area contributed by atoms with Gasteiger partial charge >= 0.3 is 5.97 Å². The third-order valence-corrected chi connectivity index (χ3v) is 6.77. The van der Waals surface area contributed by atoms with E-state index in [2.05, 4.69) is 50.7 Å². The van der Waals surface area contributed by atoms with Crippen LogP contribution in [0.2, 0.25) is 0 Å². The second-order valence-electron chi connectivity index (χ2n) is 8.26. The molecule has 35 heavy (non-hydrogen) atoms. The van der Waals surface area contributed by atoms with Gasteiger partial charge in [0.05, 0.1) is 11.1 Å². The zero-order valence-corrected chi connectivity index (χ0v) is 22.9. The van der Waals surface area contributed by atoms with Gasteiger partial charge in [0.25, 0.3) is 0 Å². The Morgan fingerprint density at radius 2 is 1.74 bits per heavy atom. The van der Waals surface area contributed by atoms with Crippen LogP contribution in [-0.4, -0.2) is 18.5 Å². The lowest BCUT2D eigenvalue weighted by molar-refractivity contribution is -0.129. The molecule has 7 heteroatoms. The molecular weight excluding hydrogens is 574 g/mol. The number of cyclic esters (lactones) is 1. The Hall–Kier alpha value is -2.90. The summed E-state index contributed by atoms with van der Waals surface area (Å²) in [5, 5.41) is 0. The lowest BCUT2D eigenvalue weighted by atomic mass is 10.0. The summed E-state index contributed by atoms with van der Waals surface area (Å²) in [6.07, 6.45) is 1.68. The fourth-order valence-electron chi connectivity index (χ4n) is 3.54. The van der Waals surface area contributed by atoms with Crippen molar-refractivity contribution in [1.82, 2.24) is 0 Å². The maximum atomic E-state index is 12.5. The molecule has 0 saturated heterocycles. The SMILES string of the molecule is CCOc1cc(/C=C2\N=C(c3ccc(C(C)C)cc3)OC2=O)cc(Br)c1OCc1ccccc1Br. The molecule has 0 fully saturated rings. The normalized spacial score (nSPS) is 14.3. The second-order valence-corrected chi connectivity index (χ2v) is 9.96. The molecule has 4 rings (SSSR count). The van der Waals surface area contributed by atoms with Crippen molar-refractivity contribution in [3.05, 3.63) is 97.6 Å². The van der Waals surface area contributed by atoms with Gasteiger partial charge in [-0.3, -0.25) is 0 Å². The molecule has 0 spiro atoms. The van der Waals surface area contributed by atoms with Gasteiger partial charge < -0.3 is 14.2 Å². The van der Waals surface area contributed by atoms with Crippen LogP contribution < -0.4 is 9.47 Å². The van der Waals surface area contributed by atoms with E-state index in [1.807, 2.05) is 67.6 Å². The third-order valence-electron chi connectivity index (χ3n) is 5.41. The highest BCUT2D eigenvalue weighted by molar-refractivity contribution is 9.10. The first-order valence-electron chi connectivity index (χ1n) is 11.3. The molecule has 3 aromatic rings. The number of esters is 1. The van der Waals surface area contributed by atoms with E-state index in [0.29, 0.717) is 41.0 Å². The van der Waals surface area contributed by atoms with Crippen LogP contribution in [0.15, 0.2) is 80.3 Å². The number of nitrogens with zero attached hydrogens (tertiary/aromatic N) is 1. The smallest absolute Gasteiger partial charge is 0.363 e. The van der Waals surface area contributed by atoms with Crippen LogP contribution in [0.25, 0.3) is 6.08 Å². The average molecular weight is 599 g/mol. The summed E-state index contributed by atoms with van der Waals surface area (Å²) < 4.78 is 19.1. The number of carbonyl (C=O) groups excluding carboxylic acids is 1. The van der Waals surface area contributed by atoms with Gasteiger partial charge in [0.1, 0.15) is 6.61 Å². The summed E-state index contributed by atoms with van der Waals surface area (Å²) in [5.41, 5.74) is 3.96. The zero-order valence-electron chi connectivity index (χ0n) is 19.7. The van der Waals surface area contributed by atoms with Gasteiger partial charge in [-0.05, 0) is 76.3 Å². The van der Waals surface area contributed by atoms with Crippen molar-refractivity contribution in [2.75, 3.05) is 6.61 Å². The predicted molar refractivity (Wildman–Crippen MR) is 145 cm³/mol. The number of carbonyl (C=O) groups is 1. The minimum atomic E-state index is -0.490. The number of halogens is 2. The quantitative estimate of drug-likeness (QED) is 0.197. The van der Waals surface area contributed by atoms with Crippen molar-refractivity contribution in [2.45, 2.75) is 33.3 Å². The number of rotatable bonds is 8.